The van der Waals surface area contributed by atoms with Crippen molar-refractivity contribution in [1.82, 2.24) is 0 Å². The smallest absolute Gasteiger partial charge is 0.349 e. The molecule has 0 spiro atoms. The molecule has 0 saturated heterocycles. The van der Waals surface area contributed by atoms with Crippen LogP contribution in [-0.2, 0) is 19.6 Å². The second-order valence-corrected chi connectivity index (χ2v) is 5.04. The van der Waals surface area contributed by atoms with E-state index in [0.29, 0.717) is 11.3 Å². The average molecular weight is 279 g/mol. The van der Waals surface area contributed by atoms with E-state index in [4.69, 9.17) is 0 Å². The molecule has 0 bridgehead atoms. The fraction of sp³-hybridized carbons (Fsp3) is 0.250. The second-order valence-electron chi connectivity index (χ2n) is 2.62. The van der Waals surface area contributed by atoms with Crippen LogP contribution < -0.4 is 0 Å². The minimum atomic E-state index is -4.56. The van der Waals surface area contributed by atoms with Gasteiger partial charge in [0.2, 0.25) is 0 Å². The Morgan fingerprint density at radius 2 is 2.29 bits per heavy atom. The quantitative estimate of drug-likeness (QED) is 0.467. The van der Waals surface area contributed by atoms with Crippen LogP contribution in [0.4, 0.5) is 4.39 Å². The Kier molecular flexibility index (Phi) is 4.11. The van der Waals surface area contributed by atoms with Crippen molar-refractivity contribution in [3.63, 3.8) is 0 Å². The maximum Gasteiger partial charge on any atom is 0.349 e. The van der Waals surface area contributed by atoms with Crippen molar-refractivity contribution in [2.75, 3.05) is 6.61 Å². The molecule has 1 heterocycles. The molecule has 6 nitrogen and oxygen atoms in total. The van der Waals surface area contributed by atoms with Crippen LogP contribution in [0.1, 0.15) is 16.6 Å². The van der Waals surface area contributed by atoms with E-state index in [2.05, 4.69) is 9.13 Å². The van der Waals surface area contributed by atoms with E-state index in [0.717, 1.165) is 11.5 Å². The molecule has 1 aromatic rings. The summed E-state index contributed by atoms with van der Waals surface area (Å²) in [6.45, 7) is 1.52. The fourth-order valence-electron chi connectivity index (χ4n) is 0.999. The number of hydrogen-bond donors (Lipinski definition) is 0. The van der Waals surface area contributed by atoms with Gasteiger partial charge >= 0.3 is 5.97 Å². The minimum absolute atomic E-state index is 0.00872. The first-order chi connectivity index (χ1) is 7.94. The predicted octanol–water partition coefficient (Wildman–Crippen LogP) is 1.09. The van der Waals surface area contributed by atoms with Gasteiger partial charge in [-0.25, -0.2) is 14.0 Å². The Morgan fingerprint density at radius 3 is 2.82 bits per heavy atom. The summed E-state index contributed by atoms with van der Waals surface area (Å²) in [6, 6.07) is 0. The summed E-state index contributed by atoms with van der Waals surface area (Å²) >= 11 is 0.558. The van der Waals surface area contributed by atoms with Crippen molar-refractivity contribution in [1.29, 1.82) is 0 Å². The lowest BCUT2D eigenvalue weighted by Crippen LogP contribution is -2.09. The Bertz CT molecular complexity index is 585. The number of hydrogen-bond acceptors (Lipinski definition) is 6. The van der Waals surface area contributed by atoms with Gasteiger partial charge in [0.1, 0.15) is 4.88 Å². The van der Waals surface area contributed by atoms with Crippen LogP contribution in [0.5, 0.6) is 0 Å². The molecule has 0 fully saturated rings. The summed E-state index contributed by atoms with van der Waals surface area (Å²) in [6.07, 6.45) is 0.795. The normalized spacial score (nSPS) is 10.7. The average Bonchev–Trinajstić information content (AvgIpc) is 2.61. The van der Waals surface area contributed by atoms with Crippen LogP contribution in [0.25, 0.3) is 0 Å². The summed E-state index contributed by atoms with van der Waals surface area (Å²) in [4.78, 5) is 19.9. The highest BCUT2D eigenvalue weighted by atomic mass is 32.2. The summed E-state index contributed by atoms with van der Waals surface area (Å²) in [5.74, 6) is -2.14. The summed E-state index contributed by atoms with van der Waals surface area (Å²) in [5.41, 5.74) is 0. The molecule has 0 aliphatic rings. The lowest BCUT2D eigenvalue weighted by atomic mass is 10.4. The van der Waals surface area contributed by atoms with Crippen LogP contribution in [0.3, 0.4) is 0 Å². The zero-order valence-corrected chi connectivity index (χ0v) is 10.1. The number of isocyanates is 1. The Hall–Kier alpha value is -1.57. The fourth-order valence-corrected chi connectivity index (χ4v) is 3.04. The van der Waals surface area contributed by atoms with Crippen molar-refractivity contribution >= 4 is 33.4 Å². The van der Waals surface area contributed by atoms with Gasteiger partial charge in [-0.05, 0) is 6.92 Å². The molecule has 0 unspecified atom stereocenters. The number of nitrogens with zero attached hydrogens (tertiary/aromatic N) is 1. The van der Waals surface area contributed by atoms with Gasteiger partial charge in [0.25, 0.3) is 16.1 Å². The standard InChI is InChI=1S/C8H6FNO5S2/c1-2-15-8(12)6-7(5(9)3-16-6)17(13,14)10-4-11/h3H,2H2,1H3. The van der Waals surface area contributed by atoms with Gasteiger partial charge in [-0.3, -0.25) is 0 Å². The van der Waals surface area contributed by atoms with Crippen molar-refractivity contribution < 1.29 is 27.1 Å². The highest BCUT2D eigenvalue weighted by Crippen LogP contribution is 2.28. The molecule has 0 radical (unpaired) electrons. The molecule has 0 N–H and O–H groups in total. The third kappa shape index (κ3) is 2.76. The minimum Gasteiger partial charge on any atom is -0.462 e. The van der Waals surface area contributed by atoms with Gasteiger partial charge < -0.3 is 4.74 Å². The van der Waals surface area contributed by atoms with Crippen LogP contribution in [0.2, 0.25) is 0 Å². The third-order valence-electron chi connectivity index (χ3n) is 1.58. The lowest BCUT2D eigenvalue weighted by Gasteiger charge is -2.00. The molecule has 0 aliphatic carbocycles. The zero-order valence-electron chi connectivity index (χ0n) is 8.47. The summed E-state index contributed by atoms with van der Waals surface area (Å²) < 4.78 is 43.1. The molecular formula is C8H6FNO5S2. The van der Waals surface area contributed by atoms with E-state index in [1.165, 1.54) is 6.92 Å². The number of carbonyl (C=O) groups excluding carboxylic acids is 2. The van der Waals surface area contributed by atoms with Crippen molar-refractivity contribution in [2.24, 2.45) is 4.40 Å². The predicted molar refractivity (Wildman–Crippen MR) is 55.5 cm³/mol. The van der Waals surface area contributed by atoms with E-state index >= 15 is 0 Å². The maximum atomic E-state index is 13.3. The molecular weight excluding hydrogens is 273 g/mol. The number of thiophene rings is 1. The number of rotatable bonds is 4. The first-order valence-corrected chi connectivity index (χ1v) is 6.54. The van der Waals surface area contributed by atoms with Crippen molar-refractivity contribution in [3.05, 3.63) is 16.1 Å². The molecule has 17 heavy (non-hydrogen) atoms. The number of carbonyl (C=O) groups is 1. The molecule has 0 saturated carbocycles. The monoisotopic (exact) mass is 279 g/mol. The van der Waals surface area contributed by atoms with Crippen LogP contribution in [0.15, 0.2) is 14.7 Å². The molecule has 92 valence electrons. The Balaban J connectivity index is 3.39. The topological polar surface area (TPSA) is 89.9 Å². The molecule has 1 aromatic heterocycles. The summed E-state index contributed by atoms with van der Waals surface area (Å²) in [7, 11) is -4.56. The van der Waals surface area contributed by atoms with Gasteiger partial charge in [0.15, 0.2) is 10.7 Å². The molecule has 1 rings (SSSR count). The maximum absolute atomic E-state index is 13.3. The number of ether oxygens (including phenoxy) is 1. The second kappa shape index (κ2) is 5.17. The zero-order chi connectivity index (χ0) is 13.1. The molecule has 0 amide bonds. The number of esters is 1. The van der Waals surface area contributed by atoms with Crippen LogP contribution in [-0.4, -0.2) is 27.1 Å². The van der Waals surface area contributed by atoms with E-state index in [1.807, 2.05) is 0 Å². The first kappa shape index (κ1) is 13.5. The van der Waals surface area contributed by atoms with E-state index in [-0.39, 0.29) is 6.61 Å². The first-order valence-electron chi connectivity index (χ1n) is 4.22. The van der Waals surface area contributed by atoms with E-state index < -0.39 is 31.6 Å². The van der Waals surface area contributed by atoms with Gasteiger partial charge in [0, 0.05) is 5.38 Å². The highest BCUT2D eigenvalue weighted by molar-refractivity contribution is 7.90. The number of halogens is 1. The molecule has 0 aliphatic heterocycles. The highest BCUT2D eigenvalue weighted by Gasteiger charge is 2.29. The van der Waals surface area contributed by atoms with E-state index in [9.17, 15) is 22.4 Å². The lowest BCUT2D eigenvalue weighted by molar-refractivity contribution is 0.0527. The molecule has 0 aromatic carbocycles. The summed E-state index contributed by atoms with van der Waals surface area (Å²) in [5, 5.41) is 0.819. The van der Waals surface area contributed by atoms with E-state index in [1.54, 1.807) is 0 Å². The number of sulfonamides is 1. The SMILES string of the molecule is CCOC(=O)c1scc(F)c1S(=O)(=O)N=C=O. The largest absolute Gasteiger partial charge is 0.462 e. The van der Waals surface area contributed by atoms with Gasteiger partial charge in [-0.1, -0.05) is 4.40 Å². The van der Waals surface area contributed by atoms with Crippen LogP contribution >= 0.6 is 11.3 Å². The van der Waals surface area contributed by atoms with Gasteiger partial charge in [0.05, 0.1) is 6.61 Å². The Labute approximate surface area is 99.8 Å². The van der Waals surface area contributed by atoms with Gasteiger partial charge in [-0.2, -0.15) is 8.42 Å². The van der Waals surface area contributed by atoms with Crippen molar-refractivity contribution in [3.8, 4) is 0 Å². The Morgan fingerprint density at radius 1 is 1.65 bits per heavy atom. The van der Waals surface area contributed by atoms with Crippen LogP contribution in [0, 0.1) is 5.82 Å². The molecule has 0 atom stereocenters. The van der Waals surface area contributed by atoms with Crippen molar-refractivity contribution in [2.45, 2.75) is 11.8 Å². The third-order valence-corrected chi connectivity index (χ3v) is 3.87. The van der Waals surface area contributed by atoms with Gasteiger partial charge in [-0.15, -0.1) is 11.3 Å². The molecule has 9 heteroatoms.